The number of amides is 2. The van der Waals surface area contributed by atoms with E-state index in [0.717, 1.165) is 24.1 Å². The van der Waals surface area contributed by atoms with Crippen LogP contribution >= 0.6 is 0 Å². The first kappa shape index (κ1) is 18.7. The summed E-state index contributed by atoms with van der Waals surface area (Å²) < 4.78 is 0. The molecule has 2 aromatic rings. The van der Waals surface area contributed by atoms with E-state index in [0.29, 0.717) is 17.8 Å². The van der Waals surface area contributed by atoms with Crippen molar-refractivity contribution in [2.45, 2.75) is 45.2 Å². The molecule has 4 atom stereocenters. The summed E-state index contributed by atoms with van der Waals surface area (Å²) >= 11 is 0. The molecule has 1 aliphatic carbocycles. The zero-order chi connectivity index (χ0) is 19.8. The minimum absolute atomic E-state index is 0.00935. The minimum atomic E-state index is -0.330. The van der Waals surface area contributed by atoms with Crippen molar-refractivity contribution in [2.24, 2.45) is 11.8 Å². The maximum Gasteiger partial charge on any atom is 0.243 e. The average Bonchev–Trinajstić information content (AvgIpc) is 3.36. The number of hydrogen-bond donors (Lipinski definition) is 1. The van der Waals surface area contributed by atoms with E-state index in [1.165, 1.54) is 5.56 Å². The fourth-order valence-corrected chi connectivity index (χ4v) is 4.43. The molecule has 28 heavy (non-hydrogen) atoms. The van der Waals surface area contributed by atoms with Crippen LogP contribution in [0, 0.1) is 11.8 Å². The first-order chi connectivity index (χ1) is 13.5. The lowest BCUT2D eigenvalue weighted by Gasteiger charge is -2.28. The van der Waals surface area contributed by atoms with E-state index in [9.17, 15) is 9.59 Å². The van der Waals surface area contributed by atoms with Gasteiger partial charge in [0.1, 0.15) is 6.04 Å². The van der Waals surface area contributed by atoms with Gasteiger partial charge in [0.05, 0.1) is 6.04 Å². The summed E-state index contributed by atoms with van der Waals surface area (Å²) in [6, 6.07) is 18.0. The third-order valence-corrected chi connectivity index (χ3v) is 6.18. The molecule has 2 amide bonds. The summed E-state index contributed by atoms with van der Waals surface area (Å²) in [5.74, 6) is 1.24. The second-order valence-corrected chi connectivity index (χ2v) is 8.45. The second-order valence-electron chi connectivity index (χ2n) is 8.45. The van der Waals surface area contributed by atoms with E-state index in [4.69, 9.17) is 0 Å². The molecule has 2 aromatic carbocycles. The van der Waals surface area contributed by atoms with E-state index >= 15 is 0 Å². The van der Waals surface area contributed by atoms with Gasteiger partial charge >= 0.3 is 0 Å². The molecule has 0 bridgehead atoms. The molecule has 4 nitrogen and oxygen atoms in total. The van der Waals surface area contributed by atoms with Crippen LogP contribution in [0.4, 0.5) is 0 Å². The lowest BCUT2D eigenvalue weighted by molar-refractivity contribution is -0.138. The minimum Gasteiger partial charge on any atom is -0.343 e. The normalized spacial score (nSPS) is 24.0. The van der Waals surface area contributed by atoms with E-state index in [-0.39, 0.29) is 23.9 Å². The van der Waals surface area contributed by atoms with E-state index < -0.39 is 0 Å². The third-order valence-electron chi connectivity index (χ3n) is 6.18. The van der Waals surface area contributed by atoms with Gasteiger partial charge in [-0.25, -0.2) is 0 Å². The lowest BCUT2D eigenvalue weighted by atomic mass is 9.95. The number of nitrogens with zero attached hydrogens (tertiary/aromatic N) is 1. The van der Waals surface area contributed by atoms with Gasteiger partial charge in [-0.05, 0) is 40.9 Å². The standard InChI is InChI=1S/C24H28N2O2/c1-15(2)17-9-11-19(12-10-17)22(18-7-5-4-6-8-18)25-24(28)23-21-13-20(21)14-26(23)16(3)27/h4-12,15,20-23H,13-14H2,1-3H3,(H,25,28)/t20-,21-,22-,23-/m0/s1. The largest absolute Gasteiger partial charge is 0.343 e. The number of nitrogens with one attached hydrogen (secondary N) is 1. The molecule has 4 heteroatoms. The number of carbonyl (C=O) groups excluding carboxylic acids is 2. The van der Waals surface area contributed by atoms with Crippen LogP contribution in [-0.2, 0) is 9.59 Å². The molecule has 1 heterocycles. The molecular formula is C24H28N2O2. The highest BCUT2D eigenvalue weighted by Crippen LogP contribution is 2.49. The van der Waals surface area contributed by atoms with Gasteiger partial charge < -0.3 is 10.2 Å². The van der Waals surface area contributed by atoms with Gasteiger partial charge in [0, 0.05) is 13.5 Å². The Bertz CT molecular complexity index is 860. The monoisotopic (exact) mass is 376 g/mol. The van der Waals surface area contributed by atoms with Crippen molar-refractivity contribution in [1.82, 2.24) is 10.2 Å². The van der Waals surface area contributed by atoms with Crippen LogP contribution < -0.4 is 5.32 Å². The summed E-state index contributed by atoms with van der Waals surface area (Å²) in [5, 5.41) is 3.25. The Morgan fingerprint density at radius 2 is 1.57 bits per heavy atom. The Labute approximate surface area is 166 Å². The Morgan fingerprint density at radius 1 is 0.964 bits per heavy atom. The fraction of sp³-hybridized carbons (Fsp3) is 0.417. The first-order valence-corrected chi connectivity index (χ1v) is 10.2. The zero-order valence-corrected chi connectivity index (χ0v) is 16.8. The van der Waals surface area contributed by atoms with Crippen molar-refractivity contribution in [2.75, 3.05) is 6.54 Å². The summed E-state index contributed by atoms with van der Waals surface area (Å²) in [7, 11) is 0. The Morgan fingerprint density at radius 3 is 2.18 bits per heavy atom. The number of carbonyl (C=O) groups is 2. The van der Waals surface area contributed by atoms with Crippen LogP contribution in [0.2, 0.25) is 0 Å². The quantitative estimate of drug-likeness (QED) is 0.861. The number of likely N-dealkylation sites (tertiary alicyclic amines) is 1. The number of piperidine rings is 1. The molecule has 0 radical (unpaired) electrons. The molecule has 2 aliphatic rings. The predicted octanol–water partition coefficient (Wildman–Crippen LogP) is 3.88. The average molecular weight is 377 g/mol. The Balaban J connectivity index is 1.61. The smallest absolute Gasteiger partial charge is 0.243 e. The first-order valence-electron chi connectivity index (χ1n) is 10.2. The molecule has 2 fully saturated rings. The zero-order valence-electron chi connectivity index (χ0n) is 16.8. The van der Waals surface area contributed by atoms with Gasteiger partial charge in [-0.2, -0.15) is 0 Å². The summed E-state index contributed by atoms with van der Waals surface area (Å²) in [5.41, 5.74) is 3.39. The third kappa shape index (κ3) is 3.56. The van der Waals surface area contributed by atoms with Crippen LogP contribution in [0.3, 0.4) is 0 Å². The highest BCUT2D eigenvalue weighted by atomic mass is 16.2. The Kier molecular flexibility index (Phi) is 4.96. The van der Waals surface area contributed by atoms with Gasteiger partial charge in [-0.3, -0.25) is 9.59 Å². The number of rotatable bonds is 5. The summed E-state index contributed by atoms with van der Waals surface area (Å²) in [4.78, 5) is 27.0. The van der Waals surface area contributed by atoms with Crippen molar-refractivity contribution < 1.29 is 9.59 Å². The SMILES string of the molecule is CC(=O)N1C[C@@H]2C[C@@H]2[C@H]1C(=O)N[C@@H](c1ccccc1)c1ccc(C(C)C)cc1. The molecule has 1 saturated heterocycles. The molecule has 4 rings (SSSR count). The van der Waals surface area contributed by atoms with E-state index in [1.807, 2.05) is 30.3 Å². The molecule has 1 saturated carbocycles. The maximum absolute atomic E-state index is 13.2. The van der Waals surface area contributed by atoms with Gasteiger partial charge in [0.2, 0.25) is 11.8 Å². The molecule has 146 valence electrons. The van der Waals surface area contributed by atoms with Crippen molar-refractivity contribution in [1.29, 1.82) is 0 Å². The van der Waals surface area contributed by atoms with Crippen molar-refractivity contribution in [3.63, 3.8) is 0 Å². The number of hydrogen-bond acceptors (Lipinski definition) is 2. The highest BCUT2D eigenvalue weighted by Gasteiger charge is 2.56. The van der Waals surface area contributed by atoms with Gasteiger partial charge in [-0.15, -0.1) is 0 Å². The van der Waals surface area contributed by atoms with E-state index in [2.05, 4.69) is 43.4 Å². The number of fused-ring (bicyclic) bond motifs is 1. The Hall–Kier alpha value is -2.62. The summed E-state index contributed by atoms with van der Waals surface area (Å²) in [6.07, 6.45) is 1.06. The second kappa shape index (κ2) is 7.42. The van der Waals surface area contributed by atoms with Gasteiger partial charge in [-0.1, -0.05) is 68.4 Å². The highest BCUT2D eigenvalue weighted by molar-refractivity contribution is 5.89. The number of benzene rings is 2. The van der Waals surface area contributed by atoms with Crippen molar-refractivity contribution in [3.05, 3.63) is 71.3 Å². The fourth-order valence-electron chi connectivity index (χ4n) is 4.43. The molecule has 1 N–H and O–H groups in total. The van der Waals surface area contributed by atoms with Gasteiger partial charge in [0.25, 0.3) is 0 Å². The summed E-state index contributed by atoms with van der Waals surface area (Å²) in [6.45, 7) is 6.63. The molecular weight excluding hydrogens is 348 g/mol. The van der Waals surface area contributed by atoms with Crippen LogP contribution in [0.5, 0.6) is 0 Å². The molecule has 0 aromatic heterocycles. The molecule has 0 unspecified atom stereocenters. The van der Waals surface area contributed by atoms with E-state index in [1.54, 1.807) is 11.8 Å². The maximum atomic E-state index is 13.2. The molecule has 1 aliphatic heterocycles. The van der Waals surface area contributed by atoms with Crippen molar-refractivity contribution in [3.8, 4) is 0 Å². The van der Waals surface area contributed by atoms with Crippen LogP contribution in [0.25, 0.3) is 0 Å². The van der Waals surface area contributed by atoms with Crippen LogP contribution in [0.1, 0.15) is 55.8 Å². The van der Waals surface area contributed by atoms with Crippen LogP contribution in [-0.4, -0.2) is 29.3 Å². The molecule has 0 spiro atoms. The topological polar surface area (TPSA) is 49.4 Å². The van der Waals surface area contributed by atoms with Crippen molar-refractivity contribution >= 4 is 11.8 Å². The predicted molar refractivity (Wildman–Crippen MR) is 110 cm³/mol. The lowest BCUT2D eigenvalue weighted by Crippen LogP contribution is -2.48. The van der Waals surface area contributed by atoms with Gasteiger partial charge in [0.15, 0.2) is 0 Å². The van der Waals surface area contributed by atoms with Crippen LogP contribution in [0.15, 0.2) is 54.6 Å².